The first kappa shape index (κ1) is 14.8. The van der Waals surface area contributed by atoms with Crippen molar-refractivity contribution in [3.05, 3.63) is 0 Å². The number of esters is 1. The van der Waals surface area contributed by atoms with Gasteiger partial charge in [0, 0.05) is 12.6 Å². The zero-order valence-electron chi connectivity index (χ0n) is 12.8. The van der Waals surface area contributed by atoms with Crippen LogP contribution >= 0.6 is 0 Å². The molecule has 1 saturated heterocycles. The number of rotatable bonds is 4. The van der Waals surface area contributed by atoms with E-state index in [4.69, 9.17) is 4.74 Å². The Morgan fingerprint density at radius 2 is 2.16 bits per heavy atom. The van der Waals surface area contributed by atoms with Crippen molar-refractivity contribution in [2.75, 3.05) is 26.7 Å². The van der Waals surface area contributed by atoms with E-state index in [1.54, 1.807) is 0 Å². The van der Waals surface area contributed by atoms with Gasteiger partial charge in [0.05, 0.1) is 6.61 Å². The van der Waals surface area contributed by atoms with Gasteiger partial charge in [0.25, 0.3) is 0 Å². The Morgan fingerprint density at radius 1 is 1.42 bits per heavy atom. The number of ether oxygens (including phenoxy) is 1. The molecule has 0 aromatic heterocycles. The summed E-state index contributed by atoms with van der Waals surface area (Å²) in [7, 11) is 1.88. The number of carbonyl (C=O) groups is 1. The SMILES string of the molecule is CCOC(=O)C1(NC)CCC(N2CCC(C)(C)C2)C1. The van der Waals surface area contributed by atoms with E-state index in [1.165, 1.54) is 13.0 Å². The summed E-state index contributed by atoms with van der Waals surface area (Å²) in [6.07, 6.45) is 4.13. The van der Waals surface area contributed by atoms with Gasteiger partial charge in [-0.2, -0.15) is 0 Å². The molecule has 1 aliphatic carbocycles. The predicted molar refractivity (Wildman–Crippen MR) is 76.0 cm³/mol. The number of likely N-dealkylation sites (tertiary alicyclic amines) is 1. The summed E-state index contributed by atoms with van der Waals surface area (Å²) in [6, 6.07) is 0.527. The van der Waals surface area contributed by atoms with Gasteiger partial charge in [-0.25, -0.2) is 0 Å². The molecule has 0 amide bonds. The highest BCUT2D eigenvalue weighted by atomic mass is 16.5. The molecule has 2 atom stereocenters. The van der Waals surface area contributed by atoms with Gasteiger partial charge in [-0.15, -0.1) is 0 Å². The molecule has 110 valence electrons. The topological polar surface area (TPSA) is 41.6 Å². The fourth-order valence-corrected chi connectivity index (χ4v) is 3.58. The molecule has 4 nitrogen and oxygen atoms in total. The van der Waals surface area contributed by atoms with E-state index >= 15 is 0 Å². The van der Waals surface area contributed by atoms with Crippen molar-refractivity contribution in [1.29, 1.82) is 0 Å². The molecule has 2 aliphatic rings. The molecule has 0 radical (unpaired) electrons. The van der Waals surface area contributed by atoms with Gasteiger partial charge in [0.1, 0.15) is 5.54 Å². The van der Waals surface area contributed by atoms with Gasteiger partial charge in [-0.05, 0) is 51.6 Å². The van der Waals surface area contributed by atoms with Gasteiger partial charge >= 0.3 is 5.97 Å². The molecular weight excluding hydrogens is 240 g/mol. The summed E-state index contributed by atoms with van der Waals surface area (Å²) in [5.74, 6) is -0.0709. The van der Waals surface area contributed by atoms with Gasteiger partial charge < -0.3 is 10.1 Å². The van der Waals surface area contributed by atoms with Crippen LogP contribution in [0.25, 0.3) is 0 Å². The molecule has 4 heteroatoms. The Bertz CT molecular complexity index is 343. The largest absolute Gasteiger partial charge is 0.465 e. The number of carbonyl (C=O) groups excluding carboxylic acids is 1. The first-order valence-electron chi connectivity index (χ1n) is 7.53. The van der Waals surface area contributed by atoms with Crippen molar-refractivity contribution >= 4 is 5.97 Å². The van der Waals surface area contributed by atoms with Crippen LogP contribution in [-0.4, -0.2) is 49.2 Å². The molecule has 2 unspecified atom stereocenters. The lowest BCUT2D eigenvalue weighted by atomic mass is 9.93. The first-order chi connectivity index (χ1) is 8.92. The van der Waals surface area contributed by atoms with Crippen molar-refractivity contribution in [3.63, 3.8) is 0 Å². The number of likely N-dealkylation sites (N-methyl/N-ethyl adjacent to an activating group) is 1. The summed E-state index contributed by atoms with van der Waals surface area (Å²) < 4.78 is 5.25. The normalized spacial score (nSPS) is 34.6. The second-order valence-corrected chi connectivity index (χ2v) is 6.83. The zero-order chi connectivity index (χ0) is 14.1. The maximum Gasteiger partial charge on any atom is 0.326 e. The lowest BCUT2D eigenvalue weighted by Crippen LogP contribution is -2.50. The maximum atomic E-state index is 12.2. The van der Waals surface area contributed by atoms with Crippen LogP contribution in [0.1, 0.15) is 46.5 Å². The molecule has 1 saturated carbocycles. The molecule has 0 aromatic carbocycles. The van der Waals surface area contributed by atoms with Gasteiger partial charge in [0.2, 0.25) is 0 Å². The Kier molecular flexibility index (Phi) is 4.21. The maximum absolute atomic E-state index is 12.2. The third-order valence-electron chi connectivity index (χ3n) is 4.86. The van der Waals surface area contributed by atoms with Crippen LogP contribution in [0.2, 0.25) is 0 Å². The van der Waals surface area contributed by atoms with E-state index in [2.05, 4.69) is 24.1 Å². The quantitative estimate of drug-likeness (QED) is 0.789. The van der Waals surface area contributed by atoms with Gasteiger partial charge in [0.15, 0.2) is 0 Å². The highest BCUT2D eigenvalue weighted by Gasteiger charge is 2.48. The summed E-state index contributed by atoms with van der Waals surface area (Å²) in [5.41, 5.74) is -0.0256. The summed E-state index contributed by atoms with van der Waals surface area (Å²) in [5, 5.41) is 3.23. The minimum atomic E-state index is -0.451. The highest BCUT2D eigenvalue weighted by molar-refractivity contribution is 5.81. The van der Waals surface area contributed by atoms with E-state index in [0.717, 1.165) is 25.8 Å². The van der Waals surface area contributed by atoms with Crippen LogP contribution in [0.5, 0.6) is 0 Å². The molecule has 1 heterocycles. The summed E-state index contributed by atoms with van der Waals surface area (Å²) in [4.78, 5) is 14.8. The van der Waals surface area contributed by atoms with Crippen LogP contribution < -0.4 is 5.32 Å². The standard InChI is InChI=1S/C15H28N2O2/c1-5-19-13(18)15(16-4)7-6-12(10-15)17-9-8-14(2,3)11-17/h12,16H,5-11H2,1-4H3. The lowest BCUT2D eigenvalue weighted by molar-refractivity contribution is -0.151. The van der Waals surface area contributed by atoms with Crippen LogP contribution in [0.3, 0.4) is 0 Å². The van der Waals surface area contributed by atoms with E-state index in [1.807, 2.05) is 14.0 Å². The smallest absolute Gasteiger partial charge is 0.326 e. The minimum absolute atomic E-state index is 0.0709. The Hall–Kier alpha value is -0.610. The van der Waals surface area contributed by atoms with Gasteiger partial charge in [-0.3, -0.25) is 9.69 Å². The molecular formula is C15H28N2O2. The minimum Gasteiger partial charge on any atom is -0.465 e. The van der Waals surface area contributed by atoms with Crippen molar-refractivity contribution in [2.24, 2.45) is 5.41 Å². The van der Waals surface area contributed by atoms with Crippen molar-refractivity contribution in [2.45, 2.75) is 58.0 Å². The van der Waals surface area contributed by atoms with Gasteiger partial charge in [-0.1, -0.05) is 13.8 Å². The monoisotopic (exact) mass is 268 g/mol. The number of hydrogen-bond donors (Lipinski definition) is 1. The van der Waals surface area contributed by atoms with Crippen molar-refractivity contribution < 1.29 is 9.53 Å². The number of nitrogens with zero attached hydrogens (tertiary/aromatic N) is 1. The average molecular weight is 268 g/mol. The Morgan fingerprint density at radius 3 is 2.68 bits per heavy atom. The van der Waals surface area contributed by atoms with E-state index < -0.39 is 5.54 Å². The van der Waals surface area contributed by atoms with Crippen molar-refractivity contribution in [3.8, 4) is 0 Å². The molecule has 1 aliphatic heterocycles. The molecule has 0 spiro atoms. The van der Waals surface area contributed by atoms with Crippen LogP contribution in [0, 0.1) is 5.41 Å². The van der Waals surface area contributed by atoms with Crippen LogP contribution in [0.15, 0.2) is 0 Å². The fraction of sp³-hybridized carbons (Fsp3) is 0.933. The third-order valence-corrected chi connectivity index (χ3v) is 4.86. The number of nitrogens with one attached hydrogen (secondary N) is 1. The fourth-order valence-electron chi connectivity index (χ4n) is 3.58. The average Bonchev–Trinajstić information content (AvgIpc) is 2.93. The van der Waals surface area contributed by atoms with Crippen LogP contribution in [0.4, 0.5) is 0 Å². The predicted octanol–water partition coefficient (Wildman–Crippen LogP) is 1.79. The lowest BCUT2D eigenvalue weighted by Gasteiger charge is -2.29. The molecule has 2 rings (SSSR count). The zero-order valence-corrected chi connectivity index (χ0v) is 12.8. The molecule has 1 N–H and O–H groups in total. The second-order valence-electron chi connectivity index (χ2n) is 6.83. The van der Waals surface area contributed by atoms with E-state index in [0.29, 0.717) is 18.1 Å². The third kappa shape index (κ3) is 2.95. The van der Waals surface area contributed by atoms with E-state index in [9.17, 15) is 4.79 Å². The van der Waals surface area contributed by atoms with Crippen molar-refractivity contribution in [1.82, 2.24) is 10.2 Å². The summed E-state index contributed by atoms with van der Waals surface area (Å²) >= 11 is 0. The highest BCUT2D eigenvalue weighted by Crippen LogP contribution is 2.38. The molecule has 2 fully saturated rings. The first-order valence-corrected chi connectivity index (χ1v) is 7.53. The Balaban J connectivity index is 2.00. The molecule has 0 bridgehead atoms. The van der Waals surface area contributed by atoms with Crippen LogP contribution in [-0.2, 0) is 9.53 Å². The van der Waals surface area contributed by atoms with E-state index in [-0.39, 0.29) is 5.97 Å². The Labute approximate surface area is 116 Å². The number of hydrogen-bond acceptors (Lipinski definition) is 4. The summed E-state index contributed by atoms with van der Waals surface area (Å²) in [6.45, 7) is 9.32. The molecule has 0 aromatic rings. The second kappa shape index (κ2) is 5.41. The molecule has 19 heavy (non-hydrogen) atoms.